The molecule has 0 N–H and O–H groups in total. The fourth-order valence-corrected chi connectivity index (χ4v) is 5.32. The lowest BCUT2D eigenvalue weighted by Gasteiger charge is -2.29. The summed E-state index contributed by atoms with van der Waals surface area (Å²) in [5, 5.41) is 3.82. The molecule has 0 bridgehead atoms. The van der Waals surface area contributed by atoms with Gasteiger partial charge in [0.25, 0.3) is 5.91 Å². The number of sulfone groups is 1. The number of amides is 1. The SMILES string of the molecule is Cc1cscc1C(=O)N(CCCN(C)C)[C@H]1CCS(=O)(=O)C1. The molecule has 1 aromatic heterocycles. The van der Waals surface area contributed by atoms with E-state index in [0.29, 0.717) is 18.5 Å². The number of nitrogens with zero attached hydrogens (tertiary/aromatic N) is 2. The number of hydrogen-bond donors (Lipinski definition) is 0. The van der Waals surface area contributed by atoms with E-state index in [-0.39, 0.29) is 23.5 Å². The molecule has 1 amide bonds. The molecule has 1 aliphatic heterocycles. The summed E-state index contributed by atoms with van der Waals surface area (Å²) in [7, 11) is 0.994. The lowest BCUT2D eigenvalue weighted by atomic mass is 10.1. The van der Waals surface area contributed by atoms with Gasteiger partial charge >= 0.3 is 0 Å². The smallest absolute Gasteiger partial charge is 0.255 e. The lowest BCUT2D eigenvalue weighted by Crippen LogP contribution is -2.42. The van der Waals surface area contributed by atoms with E-state index < -0.39 is 9.84 Å². The second kappa shape index (κ2) is 7.10. The number of aryl methyl sites for hydroxylation is 1. The quantitative estimate of drug-likeness (QED) is 0.787. The molecule has 0 aromatic carbocycles. The summed E-state index contributed by atoms with van der Waals surface area (Å²) >= 11 is 1.51. The van der Waals surface area contributed by atoms with Gasteiger partial charge in [0, 0.05) is 18.0 Å². The highest BCUT2D eigenvalue weighted by atomic mass is 32.2. The van der Waals surface area contributed by atoms with Gasteiger partial charge in [-0.3, -0.25) is 4.79 Å². The lowest BCUT2D eigenvalue weighted by molar-refractivity contribution is 0.0690. The molecule has 124 valence electrons. The van der Waals surface area contributed by atoms with Gasteiger partial charge in [0.1, 0.15) is 0 Å². The van der Waals surface area contributed by atoms with E-state index in [0.717, 1.165) is 18.5 Å². The third-order valence-corrected chi connectivity index (χ3v) is 6.61. The van der Waals surface area contributed by atoms with E-state index in [4.69, 9.17) is 0 Å². The topological polar surface area (TPSA) is 57.7 Å². The first kappa shape index (κ1) is 17.4. The first-order chi connectivity index (χ1) is 10.3. The molecule has 22 heavy (non-hydrogen) atoms. The van der Waals surface area contributed by atoms with E-state index in [1.165, 1.54) is 11.3 Å². The molecule has 0 radical (unpaired) electrons. The minimum Gasteiger partial charge on any atom is -0.335 e. The van der Waals surface area contributed by atoms with Crippen molar-refractivity contribution in [2.45, 2.75) is 25.8 Å². The van der Waals surface area contributed by atoms with Gasteiger partial charge in [0.05, 0.1) is 17.1 Å². The van der Waals surface area contributed by atoms with Gasteiger partial charge in [0.15, 0.2) is 9.84 Å². The number of hydrogen-bond acceptors (Lipinski definition) is 5. The van der Waals surface area contributed by atoms with Crippen molar-refractivity contribution in [1.29, 1.82) is 0 Å². The van der Waals surface area contributed by atoms with Crippen LogP contribution in [0.15, 0.2) is 10.8 Å². The zero-order chi connectivity index (χ0) is 16.3. The van der Waals surface area contributed by atoms with E-state index in [1.807, 2.05) is 31.8 Å². The highest BCUT2D eigenvalue weighted by molar-refractivity contribution is 7.91. The summed E-state index contributed by atoms with van der Waals surface area (Å²) in [5.41, 5.74) is 1.67. The van der Waals surface area contributed by atoms with Crippen molar-refractivity contribution in [2.24, 2.45) is 0 Å². The van der Waals surface area contributed by atoms with Crippen LogP contribution in [0.1, 0.15) is 28.8 Å². The molecule has 0 unspecified atom stereocenters. The second-order valence-corrected chi connectivity index (χ2v) is 9.15. The van der Waals surface area contributed by atoms with E-state index >= 15 is 0 Å². The molecular formula is C15H24N2O3S2. The molecule has 1 fully saturated rings. The number of thiophene rings is 1. The fourth-order valence-electron chi connectivity index (χ4n) is 2.76. The van der Waals surface area contributed by atoms with Crippen LogP contribution in [-0.4, -0.2) is 68.9 Å². The van der Waals surface area contributed by atoms with Gasteiger partial charge in [-0.2, -0.15) is 11.3 Å². The van der Waals surface area contributed by atoms with Crippen molar-refractivity contribution in [3.05, 3.63) is 21.9 Å². The van der Waals surface area contributed by atoms with Crippen LogP contribution in [0.25, 0.3) is 0 Å². The molecule has 7 heteroatoms. The zero-order valence-electron chi connectivity index (χ0n) is 13.4. The van der Waals surface area contributed by atoms with Gasteiger partial charge in [0.2, 0.25) is 0 Å². The van der Waals surface area contributed by atoms with Crippen molar-refractivity contribution in [1.82, 2.24) is 9.80 Å². The Morgan fingerprint density at radius 1 is 1.32 bits per heavy atom. The van der Waals surface area contributed by atoms with Gasteiger partial charge in [-0.05, 0) is 51.3 Å². The fraction of sp³-hybridized carbons (Fsp3) is 0.667. The Balaban J connectivity index is 2.14. The minimum absolute atomic E-state index is 0.0281. The van der Waals surface area contributed by atoms with Crippen LogP contribution < -0.4 is 0 Å². The van der Waals surface area contributed by atoms with Crippen LogP contribution >= 0.6 is 11.3 Å². The predicted octanol–water partition coefficient (Wildman–Crippen LogP) is 1.64. The average molecular weight is 345 g/mol. The number of carbonyl (C=O) groups is 1. The first-order valence-corrected chi connectivity index (χ1v) is 10.3. The normalized spacial score (nSPS) is 20.5. The monoisotopic (exact) mass is 344 g/mol. The standard InChI is InChI=1S/C15H24N2O3S2/c1-12-9-21-10-14(12)15(18)17(7-4-6-16(2)3)13-5-8-22(19,20)11-13/h9-10,13H,4-8,11H2,1-3H3/t13-/m0/s1. The van der Waals surface area contributed by atoms with Crippen LogP contribution in [-0.2, 0) is 9.84 Å². The Hall–Kier alpha value is -0.920. The molecule has 1 atom stereocenters. The Morgan fingerprint density at radius 2 is 2.05 bits per heavy atom. The number of carbonyl (C=O) groups excluding carboxylic acids is 1. The largest absolute Gasteiger partial charge is 0.335 e. The molecule has 2 heterocycles. The second-order valence-electron chi connectivity index (χ2n) is 6.18. The highest BCUT2D eigenvalue weighted by Crippen LogP contribution is 2.23. The maximum Gasteiger partial charge on any atom is 0.255 e. The van der Waals surface area contributed by atoms with Crippen molar-refractivity contribution >= 4 is 27.1 Å². The molecule has 1 aromatic rings. The van der Waals surface area contributed by atoms with Crippen LogP contribution in [0.5, 0.6) is 0 Å². The molecular weight excluding hydrogens is 320 g/mol. The molecule has 0 spiro atoms. The molecule has 5 nitrogen and oxygen atoms in total. The van der Waals surface area contributed by atoms with Crippen LogP contribution in [0, 0.1) is 6.92 Å². The molecule has 0 saturated carbocycles. The Labute approximate surface area is 136 Å². The van der Waals surface area contributed by atoms with Crippen molar-refractivity contribution in [3.8, 4) is 0 Å². The summed E-state index contributed by atoms with van der Waals surface area (Å²) in [6.07, 6.45) is 1.40. The van der Waals surface area contributed by atoms with Gasteiger partial charge < -0.3 is 9.80 Å². The predicted molar refractivity (Wildman–Crippen MR) is 90.3 cm³/mol. The molecule has 1 aliphatic rings. The van der Waals surface area contributed by atoms with Gasteiger partial charge in [-0.25, -0.2) is 8.42 Å². The van der Waals surface area contributed by atoms with Crippen LogP contribution in [0.2, 0.25) is 0 Å². The first-order valence-electron chi connectivity index (χ1n) is 7.49. The maximum atomic E-state index is 12.8. The summed E-state index contributed by atoms with van der Waals surface area (Å²) < 4.78 is 23.5. The van der Waals surface area contributed by atoms with Crippen molar-refractivity contribution in [2.75, 3.05) is 38.7 Å². The van der Waals surface area contributed by atoms with Gasteiger partial charge in [-0.1, -0.05) is 0 Å². The van der Waals surface area contributed by atoms with Crippen molar-refractivity contribution in [3.63, 3.8) is 0 Å². The third kappa shape index (κ3) is 4.30. The Morgan fingerprint density at radius 3 is 2.55 bits per heavy atom. The molecule has 1 saturated heterocycles. The van der Waals surface area contributed by atoms with Crippen LogP contribution in [0.3, 0.4) is 0 Å². The van der Waals surface area contributed by atoms with Gasteiger partial charge in [-0.15, -0.1) is 0 Å². The van der Waals surface area contributed by atoms with E-state index in [2.05, 4.69) is 4.90 Å². The Bertz CT molecular complexity index is 622. The summed E-state index contributed by atoms with van der Waals surface area (Å²) in [5.74, 6) is 0.265. The highest BCUT2D eigenvalue weighted by Gasteiger charge is 2.35. The molecule has 0 aliphatic carbocycles. The molecule has 2 rings (SSSR count). The maximum absolute atomic E-state index is 12.8. The average Bonchev–Trinajstić information content (AvgIpc) is 2.99. The van der Waals surface area contributed by atoms with Crippen LogP contribution in [0.4, 0.5) is 0 Å². The van der Waals surface area contributed by atoms with E-state index in [9.17, 15) is 13.2 Å². The minimum atomic E-state index is -3.00. The Kier molecular flexibility index (Phi) is 5.63. The summed E-state index contributed by atoms with van der Waals surface area (Å²) in [6, 6.07) is -0.182. The van der Waals surface area contributed by atoms with Crippen molar-refractivity contribution < 1.29 is 13.2 Å². The summed E-state index contributed by atoms with van der Waals surface area (Å²) in [6.45, 7) is 3.41. The zero-order valence-corrected chi connectivity index (χ0v) is 15.0. The number of rotatable bonds is 6. The third-order valence-electron chi connectivity index (χ3n) is 4.00. The van der Waals surface area contributed by atoms with E-state index in [1.54, 1.807) is 4.90 Å². The summed E-state index contributed by atoms with van der Waals surface area (Å²) in [4.78, 5) is 16.7.